The zero-order chi connectivity index (χ0) is 13.8. The first kappa shape index (κ1) is 14.4. The average molecular weight is 326 g/mol. The molecule has 0 spiro atoms. The minimum atomic E-state index is -0.0198. The number of rotatable bonds is 4. The number of hydrogen-bond donors (Lipinski definition) is 1. The first-order chi connectivity index (χ1) is 9.06. The molecule has 1 aromatic rings. The molecule has 1 N–H and O–H groups in total. The van der Waals surface area contributed by atoms with Crippen molar-refractivity contribution in [1.82, 2.24) is 5.32 Å². The van der Waals surface area contributed by atoms with Gasteiger partial charge in [0.1, 0.15) is 5.75 Å². The van der Waals surface area contributed by atoms with Crippen molar-refractivity contribution in [3.05, 3.63) is 27.7 Å². The van der Waals surface area contributed by atoms with Crippen LogP contribution < -0.4 is 10.1 Å². The van der Waals surface area contributed by atoms with Gasteiger partial charge in [-0.05, 0) is 49.9 Å². The number of amides is 1. The Morgan fingerprint density at radius 3 is 2.47 bits per heavy atom. The van der Waals surface area contributed by atoms with Crippen LogP contribution in [0.2, 0.25) is 0 Å². The van der Waals surface area contributed by atoms with Gasteiger partial charge < -0.3 is 10.1 Å². The zero-order valence-electron chi connectivity index (χ0n) is 11.5. The summed E-state index contributed by atoms with van der Waals surface area (Å²) in [6.07, 6.45) is 4.64. The molecule has 0 bridgehead atoms. The summed E-state index contributed by atoms with van der Waals surface area (Å²) in [5.41, 5.74) is 2.08. The second kappa shape index (κ2) is 6.42. The Hall–Kier alpha value is -1.03. The van der Waals surface area contributed by atoms with Crippen LogP contribution in [0.4, 0.5) is 0 Å². The lowest BCUT2D eigenvalue weighted by molar-refractivity contribution is -0.123. The van der Waals surface area contributed by atoms with Crippen molar-refractivity contribution in [3.8, 4) is 5.75 Å². The van der Waals surface area contributed by atoms with Gasteiger partial charge in [0.25, 0.3) is 5.91 Å². The smallest absolute Gasteiger partial charge is 0.258 e. The fourth-order valence-electron chi connectivity index (χ4n) is 2.60. The summed E-state index contributed by atoms with van der Waals surface area (Å²) in [5, 5.41) is 3.03. The van der Waals surface area contributed by atoms with Crippen LogP contribution in [0.5, 0.6) is 5.75 Å². The first-order valence-electron chi connectivity index (χ1n) is 6.75. The minimum Gasteiger partial charge on any atom is -0.483 e. The van der Waals surface area contributed by atoms with Gasteiger partial charge >= 0.3 is 0 Å². The Morgan fingerprint density at radius 1 is 1.32 bits per heavy atom. The number of benzene rings is 1. The molecule has 1 saturated carbocycles. The maximum atomic E-state index is 11.8. The number of aryl methyl sites for hydroxylation is 2. The van der Waals surface area contributed by atoms with Crippen LogP contribution in [0.15, 0.2) is 16.6 Å². The molecule has 2 rings (SSSR count). The Labute approximate surface area is 122 Å². The largest absolute Gasteiger partial charge is 0.483 e. The number of carbonyl (C=O) groups excluding carboxylic acids is 1. The fraction of sp³-hybridized carbons (Fsp3) is 0.533. The molecule has 0 unspecified atom stereocenters. The van der Waals surface area contributed by atoms with Crippen LogP contribution in [-0.2, 0) is 4.79 Å². The Balaban J connectivity index is 1.89. The standard InChI is InChI=1S/C15H20BrNO2/c1-10-7-12(16)8-11(2)15(10)19-9-14(18)17-13-5-3-4-6-13/h7-8,13H,3-6,9H2,1-2H3,(H,17,18). The van der Waals surface area contributed by atoms with Crippen molar-refractivity contribution < 1.29 is 9.53 Å². The lowest BCUT2D eigenvalue weighted by Gasteiger charge is -2.15. The van der Waals surface area contributed by atoms with Gasteiger partial charge in [-0.15, -0.1) is 0 Å². The van der Waals surface area contributed by atoms with Gasteiger partial charge in [-0.1, -0.05) is 28.8 Å². The summed E-state index contributed by atoms with van der Waals surface area (Å²) in [7, 11) is 0. The number of carbonyl (C=O) groups is 1. The second-order valence-electron chi connectivity index (χ2n) is 5.21. The summed E-state index contributed by atoms with van der Waals surface area (Å²) < 4.78 is 6.69. The van der Waals surface area contributed by atoms with E-state index in [9.17, 15) is 4.79 Å². The molecule has 3 nitrogen and oxygen atoms in total. The van der Waals surface area contributed by atoms with Crippen LogP contribution >= 0.6 is 15.9 Å². The van der Waals surface area contributed by atoms with Crippen LogP contribution in [-0.4, -0.2) is 18.6 Å². The molecule has 0 atom stereocenters. The molecule has 4 heteroatoms. The molecule has 0 radical (unpaired) electrons. The highest BCUT2D eigenvalue weighted by atomic mass is 79.9. The summed E-state index contributed by atoms with van der Waals surface area (Å²) in [5.74, 6) is 0.790. The fourth-order valence-corrected chi connectivity index (χ4v) is 3.29. The van der Waals surface area contributed by atoms with Crippen LogP contribution in [0.1, 0.15) is 36.8 Å². The number of ether oxygens (including phenoxy) is 1. The monoisotopic (exact) mass is 325 g/mol. The second-order valence-corrected chi connectivity index (χ2v) is 6.12. The summed E-state index contributed by atoms with van der Waals surface area (Å²) >= 11 is 3.45. The highest BCUT2D eigenvalue weighted by Crippen LogP contribution is 2.27. The number of nitrogens with one attached hydrogen (secondary N) is 1. The van der Waals surface area contributed by atoms with Gasteiger partial charge in [0.2, 0.25) is 0 Å². The third kappa shape index (κ3) is 3.96. The predicted molar refractivity (Wildman–Crippen MR) is 79.5 cm³/mol. The molecule has 104 valence electrons. The molecule has 0 aliphatic heterocycles. The van der Waals surface area contributed by atoms with E-state index in [0.29, 0.717) is 6.04 Å². The van der Waals surface area contributed by atoms with E-state index in [4.69, 9.17) is 4.74 Å². The molecule has 1 aliphatic carbocycles. The van der Waals surface area contributed by atoms with Gasteiger partial charge in [-0.3, -0.25) is 4.79 Å². The van der Waals surface area contributed by atoms with E-state index in [0.717, 1.165) is 34.2 Å². The first-order valence-corrected chi connectivity index (χ1v) is 7.54. The molecule has 1 aromatic carbocycles. The maximum absolute atomic E-state index is 11.8. The van der Waals surface area contributed by atoms with Crippen molar-refractivity contribution in [1.29, 1.82) is 0 Å². The lowest BCUT2D eigenvalue weighted by Crippen LogP contribution is -2.36. The van der Waals surface area contributed by atoms with Crippen molar-refractivity contribution >= 4 is 21.8 Å². The number of halogens is 1. The van der Waals surface area contributed by atoms with E-state index in [2.05, 4.69) is 21.2 Å². The van der Waals surface area contributed by atoms with Crippen molar-refractivity contribution in [3.63, 3.8) is 0 Å². The van der Waals surface area contributed by atoms with E-state index in [1.807, 2.05) is 26.0 Å². The minimum absolute atomic E-state index is 0.0198. The highest BCUT2D eigenvalue weighted by molar-refractivity contribution is 9.10. The Bertz CT molecular complexity index is 444. The van der Waals surface area contributed by atoms with Gasteiger partial charge in [-0.2, -0.15) is 0 Å². The SMILES string of the molecule is Cc1cc(Br)cc(C)c1OCC(=O)NC1CCCC1. The molecule has 19 heavy (non-hydrogen) atoms. The molecule has 1 amide bonds. The van der Waals surface area contributed by atoms with Crippen molar-refractivity contribution in [2.45, 2.75) is 45.6 Å². The molecule has 0 aromatic heterocycles. The normalized spacial score (nSPS) is 15.5. The Kier molecular flexibility index (Phi) is 4.86. The van der Waals surface area contributed by atoms with E-state index in [1.54, 1.807) is 0 Å². The summed E-state index contributed by atoms with van der Waals surface area (Å²) in [6, 6.07) is 4.34. The van der Waals surface area contributed by atoms with Gasteiger partial charge in [0.05, 0.1) is 0 Å². The summed E-state index contributed by atoms with van der Waals surface area (Å²) in [4.78, 5) is 11.8. The lowest BCUT2D eigenvalue weighted by atomic mass is 10.1. The molecular weight excluding hydrogens is 306 g/mol. The van der Waals surface area contributed by atoms with Crippen LogP contribution in [0.25, 0.3) is 0 Å². The molecular formula is C15H20BrNO2. The van der Waals surface area contributed by atoms with E-state index < -0.39 is 0 Å². The third-order valence-corrected chi connectivity index (χ3v) is 3.95. The van der Waals surface area contributed by atoms with Gasteiger partial charge in [0.15, 0.2) is 6.61 Å². The van der Waals surface area contributed by atoms with Crippen molar-refractivity contribution in [2.24, 2.45) is 0 Å². The van der Waals surface area contributed by atoms with Crippen LogP contribution in [0, 0.1) is 13.8 Å². The van der Waals surface area contributed by atoms with E-state index in [1.165, 1.54) is 12.8 Å². The highest BCUT2D eigenvalue weighted by Gasteiger charge is 2.17. The zero-order valence-corrected chi connectivity index (χ0v) is 13.0. The number of hydrogen-bond acceptors (Lipinski definition) is 2. The predicted octanol–water partition coefficient (Wildman–Crippen LogP) is 3.50. The van der Waals surface area contributed by atoms with Gasteiger partial charge in [0, 0.05) is 10.5 Å². The van der Waals surface area contributed by atoms with Gasteiger partial charge in [-0.25, -0.2) is 0 Å². The topological polar surface area (TPSA) is 38.3 Å². The summed E-state index contributed by atoms with van der Waals surface area (Å²) in [6.45, 7) is 4.07. The Morgan fingerprint density at radius 2 is 1.89 bits per heavy atom. The molecule has 1 aliphatic rings. The van der Waals surface area contributed by atoms with Crippen molar-refractivity contribution in [2.75, 3.05) is 6.61 Å². The maximum Gasteiger partial charge on any atom is 0.258 e. The van der Waals surface area contributed by atoms with Crippen LogP contribution in [0.3, 0.4) is 0 Å². The molecule has 0 saturated heterocycles. The third-order valence-electron chi connectivity index (χ3n) is 3.49. The average Bonchev–Trinajstić information content (AvgIpc) is 2.80. The molecule has 0 heterocycles. The van der Waals surface area contributed by atoms with E-state index >= 15 is 0 Å². The molecule has 1 fully saturated rings. The van der Waals surface area contributed by atoms with E-state index in [-0.39, 0.29) is 12.5 Å². The quantitative estimate of drug-likeness (QED) is 0.920.